The minimum Gasteiger partial charge on any atom is -0.480 e. The second-order valence-electron chi connectivity index (χ2n) is 4.88. The van der Waals surface area contributed by atoms with Crippen LogP contribution in [0.3, 0.4) is 0 Å². The molecule has 1 aromatic carbocycles. The van der Waals surface area contributed by atoms with E-state index < -0.39 is 12.6 Å². The van der Waals surface area contributed by atoms with Gasteiger partial charge in [0.15, 0.2) is 6.61 Å². The molecule has 1 aliphatic rings. The van der Waals surface area contributed by atoms with Gasteiger partial charge in [0.2, 0.25) is 5.91 Å². The molecule has 114 valence electrons. The molecule has 2 atom stereocenters. The van der Waals surface area contributed by atoms with Gasteiger partial charge in [0.05, 0.1) is 17.7 Å². The summed E-state index contributed by atoms with van der Waals surface area (Å²) in [6.45, 7) is 2.13. The van der Waals surface area contributed by atoms with Gasteiger partial charge in [0.1, 0.15) is 5.75 Å². The average Bonchev–Trinajstić information content (AvgIpc) is 2.94. The van der Waals surface area contributed by atoms with Crippen molar-refractivity contribution in [3.05, 3.63) is 24.3 Å². The molecule has 0 bridgehead atoms. The molecule has 0 aromatic heterocycles. The van der Waals surface area contributed by atoms with E-state index in [-0.39, 0.29) is 17.9 Å². The maximum absolute atomic E-state index is 12.3. The van der Waals surface area contributed by atoms with Crippen LogP contribution < -0.4 is 10.1 Å². The Bertz CT molecular complexity index is 517. The Morgan fingerprint density at radius 2 is 2.19 bits per heavy atom. The van der Waals surface area contributed by atoms with E-state index in [1.165, 1.54) is 0 Å². The number of benzene rings is 1. The summed E-state index contributed by atoms with van der Waals surface area (Å²) < 4.78 is 10.7. The van der Waals surface area contributed by atoms with Gasteiger partial charge in [0, 0.05) is 6.61 Å². The molecule has 0 aliphatic carbocycles. The van der Waals surface area contributed by atoms with E-state index in [9.17, 15) is 9.59 Å². The first-order valence-electron chi connectivity index (χ1n) is 6.98. The van der Waals surface area contributed by atoms with Crippen LogP contribution in [0.1, 0.15) is 19.8 Å². The van der Waals surface area contributed by atoms with Crippen molar-refractivity contribution in [3.63, 3.8) is 0 Å². The highest BCUT2D eigenvalue weighted by Gasteiger charge is 2.33. The Labute approximate surface area is 123 Å². The van der Waals surface area contributed by atoms with Gasteiger partial charge in [-0.25, -0.2) is 4.79 Å². The molecule has 2 rings (SSSR count). The number of rotatable bonds is 6. The zero-order valence-electron chi connectivity index (χ0n) is 11.9. The number of carboxylic acid groups (broad SMARTS) is 1. The second kappa shape index (κ2) is 7.08. The summed E-state index contributed by atoms with van der Waals surface area (Å²) in [5.41, 5.74) is 0.477. The molecule has 6 nitrogen and oxygen atoms in total. The van der Waals surface area contributed by atoms with Crippen LogP contribution in [0.5, 0.6) is 5.75 Å². The lowest BCUT2D eigenvalue weighted by molar-refractivity contribution is -0.139. The fraction of sp³-hybridized carbons (Fsp3) is 0.467. The Balaban J connectivity index is 2.05. The molecule has 0 saturated carbocycles. The van der Waals surface area contributed by atoms with Gasteiger partial charge in [0.25, 0.3) is 0 Å². The quantitative estimate of drug-likeness (QED) is 0.837. The third kappa shape index (κ3) is 3.95. The first kappa shape index (κ1) is 15.3. The Morgan fingerprint density at radius 3 is 2.90 bits per heavy atom. The third-order valence-corrected chi connectivity index (χ3v) is 3.44. The fourth-order valence-electron chi connectivity index (χ4n) is 2.41. The predicted octanol–water partition coefficient (Wildman–Crippen LogP) is 1.90. The van der Waals surface area contributed by atoms with Gasteiger partial charge in [-0.05, 0) is 25.0 Å². The number of hydrogen-bond donors (Lipinski definition) is 2. The lowest BCUT2D eigenvalue weighted by Gasteiger charge is -2.17. The zero-order valence-corrected chi connectivity index (χ0v) is 11.9. The number of hydrogen-bond acceptors (Lipinski definition) is 4. The highest BCUT2D eigenvalue weighted by Crippen LogP contribution is 2.28. The molecule has 2 N–H and O–H groups in total. The number of aliphatic carboxylic acids is 1. The van der Waals surface area contributed by atoms with Crippen LogP contribution in [-0.4, -0.2) is 36.3 Å². The van der Waals surface area contributed by atoms with Crippen molar-refractivity contribution in [1.29, 1.82) is 0 Å². The first-order chi connectivity index (χ1) is 10.1. The van der Waals surface area contributed by atoms with E-state index in [1.54, 1.807) is 24.3 Å². The van der Waals surface area contributed by atoms with Gasteiger partial charge < -0.3 is 19.9 Å². The summed E-state index contributed by atoms with van der Waals surface area (Å²) in [6, 6.07) is 6.79. The Kier molecular flexibility index (Phi) is 5.16. The lowest BCUT2D eigenvalue weighted by Crippen LogP contribution is -2.29. The Hall–Kier alpha value is -2.08. The number of anilines is 1. The number of ether oxygens (including phenoxy) is 2. The molecule has 0 radical (unpaired) electrons. The number of amides is 1. The number of carbonyl (C=O) groups is 2. The summed E-state index contributed by atoms with van der Waals surface area (Å²) in [6.07, 6.45) is 1.43. The highest BCUT2D eigenvalue weighted by atomic mass is 16.5. The molecule has 0 spiro atoms. The van der Waals surface area contributed by atoms with Crippen LogP contribution in [0, 0.1) is 5.92 Å². The van der Waals surface area contributed by atoms with Crippen molar-refractivity contribution >= 4 is 17.6 Å². The topological polar surface area (TPSA) is 84.9 Å². The summed E-state index contributed by atoms with van der Waals surface area (Å²) in [5, 5.41) is 11.5. The normalized spacial score (nSPS) is 21.0. The van der Waals surface area contributed by atoms with Gasteiger partial charge in [-0.15, -0.1) is 0 Å². The zero-order chi connectivity index (χ0) is 15.2. The smallest absolute Gasteiger partial charge is 0.341 e. The largest absolute Gasteiger partial charge is 0.480 e. The van der Waals surface area contributed by atoms with Crippen LogP contribution in [-0.2, 0) is 14.3 Å². The molecule has 1 heterocycles. The summed E-state index contributed by atoms with van der Waals surface area (Å²) in [4.78, 5) is 22.9. The molecule has 1 amide bonds. The summed E-state index contributed by atoms with van der Waals surface area (Å²) in [7, 11) is 0. The molecule has 1 fully saturated rings. The number of carbonyl (C=O) groups excluding carboxylic acids is 1. The third-order valence-electron chi connectivity index (χ3n) is 3.44. The van der Waals surface area contributed by atoms with Gasteiger partial charge in [-0.1, -0.05) is 19.1 Å². The first-order valence-corrected chi connectivity index (χ1v) is 6.98. The van der Waals surface area contributed by atoms with E-state index >= 15 is 0 Å². The molecule has 2 unspecified atom stereocenters. The number of nitrogens with one attached hydrogen (secondary N) is 1. The van der Waals surface area contributed by atoms with Crippen molar-refractivity contribution in [2.45, 2.75) is 25.9 Å². The van der Waals surface area contributed by atoms with Crippen molar-refractivity contribution < 1.29 is 24.2 Å². The van der Waals surface area contributed by atoms with Crippen LogP contribution >= 0.6 is 0 Å². The molecule has 1 saturated heterocycles. The fourth-order valence-corrected chi connectivity index (χ4v) is 2.41. The van der Waals surface area contributed by atoms with Crippen molar-refractivity contribution in [3.8, 4) is 5.75 Å². The molecule has 1 aromatic rings. The molecule has 21 heavy (non-hydrogen) atoms. The summed E-state index contributed by atoms with van der Waals surface area (Å²) >= 11 is 0. The summed E-state index contributed by atoms with van der Waals surface area (Å²) in [5.74, 6) is -1.01. The van der Waals surface area contributed by atoms with Gasteiger partial charge in [-0.3, -0.25) is 4.79 Å². The predicted molar refractivity (Wildman–Crippen MR) is 76.3 cm³/mol. The van der Waals surface area contributed by atoms with Crippen LogP contribution in [0.2, 0.25) is 0 Å². The van der Waals surface area contributed by atoms with Crippen molar-refractivity contribution in [2.75, 3.05) is 18.5 Å². The molecule has 6 heteroatoms. The van der Waals surface area contributed by atoms with Crippen molar-refractivity contribution in [1.82, 2.24) is 0 Å². The Morgan fingerprint density at radius 1 is 1.43 bits per heavy atom. The molecular weight excluding hydrogens is 274 g/mol. The molecular formula is C15H19NO5. The highest BCUT2D eigenvalue weighted by molar-refractivity contribution is 5.94. The maximum Gasteiger partial charge on any atom is 0.341 e. The van der Waals surface area contributed by atoms with E-state index in [2.05, 4.69) is 5.32 Å². The van der Waals surface area contributed by atoms with E-state index in [0.29, 0.717) is 24.5 Å². The standard InChI is InChI=1S/C15H19NO5/c1-2-12-10(7-8-20-12)15(19)16-11-5-3-4-6-13(11)21-9-14(17)18/h3-6,10,12H,2,7-9H2,1H3,(H,16,19)(H,17,18). The van der Waals surface area contributed by atoms with Crippen LogP contribution in [0.25, 0.3) is 0 Å². The molecule has 1 aliphatic heterocycles. The van der Waals surface area contributed by atoms with E-state index in [4.69, 9.17) is 14.6 Å². The van der Waals surface area contributed by atoms with Crippen LogP contribution in [0.15, 0.2) is 24.3 Å². The average molecular weight is 293 g/mol. The van der Waals surface area contributed by atoms with E-state index in [1.807, 2.05) is 6.92 Å². The second-order valence-corrected chi connectivity index (χ2v) is 4.88. The van der Waals surface area contributed by atoms with Crippen LogP contribution in [0.4, 0.5) is 5.69 Å². The van der Waals surface area contributed by atoms with Gasteiger partial charge >= 0.3 is 5.97 Å². The van der Waals surface area contributed by atoms with Crippen molar-refractivity contribution in [2.24, 2.45) is 5.92 Å². The number of carboxylic acids is 1. The van der Waals surface area contributed by atoms with E-state index in [0.717, 1.165) is 6.42 Å². The minimum absolute atomic E-state index is 0.0582. The number of para-hydroxylation sites is 2. The monoisotopic (exact) mass is 293 g/mol. The lowest BCUT2D eigenvalue weighted by atomic mass is 9.98. The maximum atomic E-state index is 12.3. The minimum atomic E-state index is -1.06. The van der Waals surface area contributed by atoms with Gasteiger partial charge in [-0.2, -0.15) is 0 Å². The SMILES string of the molecule is CCC1OCCC1C(=O)Nc1ccccc1OCC(=O)O.